The highest BCUT2D eigenvalue weighted by atomic mass is 19.4. The molecule has 0 heterocycles. The van der Waals surface area contributed by atoms with E-state index in [1.54, 1.807) is 4.90 Å². The quantitative estimate of drug-likeness (QED) is 0.712. The summed E-state index contributed by atoms with van der Waals surface area (Å²) in [6.07, 6.45) is -0.826. The molecule has 1 aromatic rings. The Kier molecular flexibility index (Phi) is 6.72. The summed E-state index contributed by atoms with van der Waals surface area (Å²) in [5, 5.41) is 0. The van der Waals surface area contributed by atoms with E-state index in [0.29, 0.717) is 13.1 Å². The lowest BCUT2D eigenvalue weighted by molar-refractivity contribution is -0.137. The Morgan fingerprint density at radius 1 is 1.10 bits per heavy atom. The Hall–Kier alpha value is -1.52. The maximum absolute atomic E-state index is 12.7. The molecule has 1 amide bonds. The summed E-state index contributed by atoms with van der Waals surface area (Å²) in [4.78, 5) is 14.0. The number of carbonyl (C=O) groups excluding carboxylic acids is 1. The van der Waals surface area contributed by atoms with Crippen molar-refractivity contribution in [3.05, 3.63) is 35.4 Å². The van der Waals surface area contributed by atoms with Crippen LogP contribution in [-0.2, 0) is 6.18 Å². The molecule has 0 aliphatic carbocycles. The molecule has 118 valence electrons. The summed E-state index contributed by atoms with van der Waals surface area (Å²) in [5.74, 6) is -0.317. The molecule has 21 heavy (non-hydrogen) atoms. The van der Waals surface area contributed by atoms with E-state index < -0.39 is 11.7 Å². The van der Waals surface area contributed by atoms with Gasteiger partial charge in [-0.15, -0.1) is 0 Å². The number of halogens is 3. The van der Waals surface area contributed by atoms with E-state index in [-0.39, 0.29) is 11.5 Å². The molecule has 0 N–H and O–H groups in total. The number of amides is 1. The normalized spacial score (nSPS) is 11.5. The van der Waals surface area contributed by atoms with Gasteiger partial charge in [0.25, 0.3) is 5.91 Å². The summed E-state index contributed by atoms with van der Waals surface area (Å²) in [6, 6.07) is 4.66. The standard InChI is InChI=1S/C16H22F3NO/c1-3-5-10-20(11-6-4-2)15(21)13-8-7-9-14(12-13)16(17,18)19/h7-9,12H,3-6,10-11H2,1-2H3. The summed E-state index contributed by atoms with van der Waals surface area (Å²) in [5.41, 5.74) is -0.670. The summed E-state index contributed by atoms with van der Waals surface area (Å²) >= 11 is 0. The van der Waals surface area contributed by atoms with Gasteiger partial charge in [0, 0.05) is 18.7 Å². The fourth-order valence-electron chi connectivity index (χ4n) is 2.02. The first-order chi connectivity index (χ1) is 9.90. The summed E-state index contributed by atoms with van der Waals surface area (Å²) < 4.78 is 38.1. The molecule has 0 aliphatic heterocycles. The first-order valence-electron chi connectivity index (χ1n) is 7.36. The second kappa shape index (κ2) is 8.05. The number of hydrogen-bond donors (Lipinski definition) is 0. The van der Waals surface area contributed by atoms with Crippen molar-refractivity contribution in [1.29, 1.82) is 0 Å². The van der Waals surface area contributed by atoms with Crippen LogP contribution in [0.4, 0.5) is 13.2 Å². The van der Waals surface area contributed by atoms with Crippen molar-refractivity contribution in [2.75, 3.05) is 13.1 Å². The molecule has 0 atom stereocenters. The molecule has 1 aromatic carbocycles. The van der Waals surface area contributed by atoms with Crippen molar-refractivity contribution in [2.24, 2.45) is 0 Å². The first kappa shape index (κ1) is 17.5. The summed E-state index contributed by atoms with van der Waals surface area (Å²) in [7, 11) is 0. The van der Waals surface area contributed by atoms with Crippen molar-refractivity contribution in [1.82, 2.24) is 4.90 Å². The SMILES string of the molecule is CCCCN(CCCC)C(=O)c1cccc(C(F)(F)F)c1. The molecule has 2 nitrogen and oxygen atoms in total. The highest BCUT2D eigenvalue weighted by molar-refractivity contribution is 5.94. The molecule has 1 rings (SSSR count). The van der Waals surface area contributed by atoms with Gasteiger partial charge in [-0.2, -0.15) is 13.2 Å². The van der Waals surface area contributed by atoms with Crippen LogP contribution in [0.25, 0.3) is 0 Å². The van der Waals surface area contributed by atoms with Gasteiger partial charge in [0.1, 0.15) is 0 Å². The van der Waals surface area contributed by atoms with Crippen molar-refractivity contribution in [3.63, 3.8) is 0 Å². The van der Waals surface area contributed by atoms with Crippen LogP contribution in [0, 0.1) is 0 Å². The highest BCUT2D eigenvalue weighted by Crippen LogP contribution is 2.29. The van der Waals surface area contributed by atoms with E-state index in [2.05, 4.69) is 0 Å². The fraction of sp³-hybridized carbons (Fsp3) is 0.562. The zero-order valence-electron chi connectivity index (χ0n) is 12.5. The molecule has 0 spiro atoms. The molecule has 0 unspecified atom stereocenters. The number of hydrogen-bond acceptors (Lipinski definition) is 1. The number of alkyl halides is 3. The van der Waals surface area contributed by atoms with Gasteiger partial charge in [-0.1, -0.05) is 32.8 Å². The Balaban J connectivity index is 2.91. The highest BCUT2D eigenvalue weighted by Gasteiger charge is 2.31. The molecular formula is C16H22F3NO. The van der Waals surface area contributed by atoms with Gasteiger partial charge in [0.2, 0.25) is 0 Å². The van der Waals surface area contributed by atoms with Gasteiger partial charge in [-0.3, -0.25) is 4.79 Å². The predicted octanol–water partition coefficient (Wildman–Crippen LogP) is 4.75. The Bertz CT molecular complexity index is 449. The van der Waals surface area contributed by atoms with Crippen LogP contribution < -0.4 is 0 Å². The second-order valence-electron chi connectivity index (χ2n) is 5.08. The average molecular weight is 301 g/mol. The Morgan fingerprint density at radius 2 is 1.67 bits per heavy atom. The predicted molar refractivity (Wildman–Crippen MR) is 77.2 cm³/mol. The van der Waals surface area contributed by atoms with Gasteiger partial charge in [-0.05, 0) is 31.0 Å². The average Bonchev–Trinajstić information content (AvgIpc) is 2.46. The second-order valence-corrected chi connectivity index (χ2v) is 5.08. The van der Waals surface area contributed by atoms with E-state index in [0.717, 1.165) is 37.8 Å². The molecule has 0 radical (unpaired) electrons. The van der Waals surface area contributed by atoms with Crippen molar-refractivity contribution in [2.45, 2.75) is 45.7 Å². The number of nitrogens with zero attached hydrogens (tertiary/aromatic N) is 1. The Morgan fingerprint density at radius 3 is 2.14 bits per heavy atom. The van der Waals surface area contributed by atoms with Gasteiger partial charge in [0.05, 0.1) is 5.56 Å². The third kappa shape index (κ3) is 5.40. The lowest BCUT2D eigenvalue weighted by atomic mass is 10.1. The van der Waals surface area contributed by atoms with Crippen molar-refractivity contribution >= 4 is 5.91 Å². The van der Waals surface area contributed by atoms with Crippen LogP contribution in [0.3, 0.4) is 0 Å². The maximum Gasteiger partial charge on any atom is 0.416 e. The molecular weight excluding hydrogens is 279 g/mol. The van der Waals surface area contributed by atoms with Crippen LogP contribution in [-0.4, -0.2) is 23.9 Å². The van der Waals surface area contributed by atoms with Crippen LogP contribution in [0.15, 0.2) is 24.3 Å². The monoisotopic (exact) mass is 301 g/mol. The minimum atomic E-state index is -4.42. The first-order valence-corrected chi connectivity index (χ1v) is 7.36. The minimum absolute atomic E-state index is 0.108. The number of benzene rings is 1. The van der Waals surface area contributed by atoms with Gasteiger partial charge < -0.3 is 4.90 Å². The molecule has 0 bridgehead atoms. The number of rotatable bonds is 7. The van der Waals surface area contributed by atoms with E-state index in [1.165, 1.54) is 12.1 Å². The molecule has 0 aromatic heterocycles. The molecule has 0 fully saturated rings. The van der Waals surface area contributed by atoms with E-state index in [1.807, 2.05) is 13.8 Å². The Labute approximate surface area is 123 Å². The number of carbonyl (C=O) groups is 1. The molecule has 0 saturated carbocycles. The van der Waals surface area contributed by atoms with E-state index in [4.69, 9.17) is 0 Å². The molecule has 0 aliphatic rings. The summed E-state index contributed by atoms with van der Waals surface area (Å²) in [6.45, 7) is 5.22. The van der Waals surface area contributed by atoms with Gasteiger partial charge >= 0.3 is 6.18 Å². The molecule has 0 saturated heterocycles. The third-order valence-corrected chi connectivity index (χ3v) is 3.29. The van der Waals surface area contributed by atoms with Crippen LogP contribution in [0.1, 0.15) is 55.5 Å². The van der Waals surface area contributed by atoms with Crippen LogP contribution >= 0.6 is 0 Å². The largest absolute Gasteiger partial charge is 0.416 e. The molecule has 5 heteroatoms. The van der Waals surface area contributed by atoms with Crippen LogP contribution in [0.2, 0.25) is 0 Å². The topological polar surface area (TPSA) is 20.3 Å². The van der Waals surface area contributed by atoms with E-state index in [9.17, 15) is 18.0 Å². The zero-order chi connectivity index (χ0) is 15.9. The van der Waals surface area contributed by atoms with Crippen LogP contribution in [0.5, 0.6) is 0 Å². The lowest BCUT2D eigenvalue weighted by Crippen LogP contribution is -2.33. The smallest absolute Gasteiger partial charge is 0.339 e. The van der Waals surface area contributed by atoms with Crippen molar-refractivity contribution < 1.29 is 18.0 Å². The lowest BCUT2D eigenvalue weighted by Gasteiger charge is -2.23. The maximum atomic E-state index is 12.7. The van der Waals surface area contributed by atoms with E-state index >= 15 is 0 Å². The fourth-order valence-corrected chi connectivity index (χ4v) is 2.02. The zero-order valence-corrected chi connectivity index (χ0v) is 12.5. The minimum Gasteiger partial charge on any atom is -0.339 e. The van der Waals surface area contributed by atoms with Gasteiger partial charge in [0.15, 0.2) is 0 Å². The number of unbranched alkanes of at least 4 members (excludes halogenated alkanes) is 2. The van der Waals surface area contributed by atoms with Crippen molar-refractivity contribution in [3.8, 4) is 0 Å². The third-order valence-electron chi connectivity index (χ3n) is 3.29. The van der Waals surface area contributed by atoms with Gasteiger partial charge in [-0.25, -0.2) is 0 Å².